The fraction of sp³-hybridized carbons (Fsp3) is 0.617. The molecule has 0 saturated carbocycles. The molecular formula is C60H97O11P. The normalized spacial score (nSPS) is 14.3. The van der Waals surface area contributed by atoms with Crippen LogP contribution in [0, 0.1) is 0 Å². The maximum Gasteiger partial charge on any atom is 0.472 e. The Labute approximate surface area is 437 Å². The Morgan fingerprint density at radius 2 is 0.681 bits per heavy atom. The average molecular weight is 1030 g/mol. The van der Waals surface area contributed by atoms with Gasteiger partial charge in [-0.15, -0.1) is 0 Å². The van der Waals surface area contributed by atoms with Crippen molar-refractivity contribution in [1.82, 2.24) is 0 Å². The molecule has 11 nitrogen and oxygen atoms in total. The van der Waals surface area contributed by atoms with Crippen LogP contribution in [0.1, 0.15) is 201 Å². The van der Waals surface area contributed by atoms with Crippen molar-refractivity contribution in [2.24, 2.45) is 0 Å². The largest absolute Gasteiger partial charge is 0.472 e. The molecule has 0 fully saturated rings. The Morgan fingerprint density at radius 1 is 0.389 bits per heavy atom. The summed E-state index contributed by atoms with van der Waals surface area (Å²) in [6, 6.07) is 0. The van der Waals surface area contributed by atoms with E-state index >= 15 is 0 Å². The lowest BCUT2D eigenvalue weighted by molar-refractivity contribution is -0.161. The molecule has 0 rings (SSSR count). The van der Waals surface area contributed by atoms with Gasteiger partial charge in [-0.2, -0.15) is 0 Å². The highest BCUT2D eigenvalue weighted by molar-refractivity contribution is 7.47. The molecule has 0 aromatic carbocycles. The summed E-state index contributed by atoms with van der Waals surface area (Å²) in [6.07, 6.45) is 64.6. The van der Waals surface area contributed by atoms with Crippen LogP contribution < -0.4 is 0 Å². The van der Waals surface area contributed by atoms with Gasteiger partial charge in [0, 0.05) is 19.3 Å². The molecular weight excluding hydrogens is 928 g/mol. The lowest BCUT2D eigenvalue weighted by Gasteiger charge is -2.21. The minimum absolute atomic E-state index is 0.120. The second-order valence-corrected chi connectivity index (χ2v) is 19.1. The molecule has 0 bridgehead atoms. The van der Waals surface area contributed by atoms with E-state index in [1.807, 2.05) is 0 Å². The highest BCUT2D eigenvalue weighted by Gasteiger charge is 2.28. The van der Waals surface area contributed by atoms with Crippen LogP contribution in [0.2, 0.25) is 0 Å². The SMILES string of the molecule is CC/C=C\C/C=C\C/C=C\C/C=C\CCCCCCCCC(=O)OCC(COP(=O)(O)OCC(CO)OC(=O)CCCCC/C=C\C/C=C\C/C=C\CC)OC(=O)CCCCC/C=C\C/C=C\C/C=C\CC. The third-order valence-electron chi connectivity index (χ3n) is 10.9. The Morgan fingerprint density at radius 3 is 1.06 bits per heavy atom. The summed E-state index contributed by atoms with van der Waals surface area (Å²) in [4.78, 5) is 48.4. The zero-order valence-corrected chi connectivity index (χ0v) is 45.7. The number of phosphoric ester groups is 1. The fourth-order valence-corrected chi connectivity index (χ4v) is 7.57. The number of carbonyl (C=O) groups excluding carboxylic acids is 3. The third kappa shape index (κ3) is 50.8. The van der Waals surface area contributed by atoms with Gasteiger partial charge >= 0.3 is 25.7 Å². The topological polar surface area (TPSA) is 155 Å². The summed E-state index contributed by atoms with van der Waals surface area (Å²) in [5.74, 6) is -1.56. The van der Waals surface area contributed by atoms with Crippen LogP contribution in [0.5, 0.6) is 0 Å². The molecule has 0 spiro atoms. The smallest absolute Gasteiger partial charge is 0.462 e. The van der Waals surface area contributed by atoms with Crippen molar-refractivity contribution in [2.75, 3.05) is 26.4 Å². The zero-order chi connectivity index (χ0) is 52.7. The maximum atomic E-state index is 12.9. The van der Waals surface area contributed by atoms with Crippen molar-refractivity contribution < 1.29 is 52.2 Å². The first kappa shape index (κ1) is 67.9. The van der Waals surface area contributed by atoms with Crippen LogP contribution >= 0.6 is 7.82 Å². The van der Waals surface area contributed by atoms with Gasteiger partial charge in [0.15, 0.2) is 6.10 Å². The number of aliphatic hydroxyl groups excluding tert-OH is 1. The summed E-state index contributed by atoms with van der Waals surface area (Å²) >= 11 is 0. The van der Waals surface area contributed by atoms with Crippen LogP contribution in [0.3, 0.4) is 0 Å². The van der Waals surface area contributed by atoms with Crippen LogP contribution in [0.15, 0.2) is 122 Å². The van der Waals surface area contributed by atoms with Crippen molar-refractivity contribution in [3.8, 4) is 0 Å². The quantitative estimate of drug-likeness (QED) is 0.0197. The number of unbranched alkanes of at least 4 members (excludes halogenated alkanes) is 12. The molecule has 0 radical (unpaired) electrons. The average Bonchev–Trinajstić information content (AvgIpc) is 3.37. The second kappa shape index (κ2) is 53.2. The number of allylic oxidation sites excluding steroid dienone is 20. The molecule has 3 unspecified atom stereocenters. The molecule has 0 aliphatic rings. The first-order valence-electron chi connectivity index (χ1n) is 27.4. The molecule has 2 N–H and O–H groups in total. The predicted octanol–water partition coefficient (Wildman–Crippen LogP) is 16.0. The van der Waals surface area contributed by atoms with Crippen LogP contribution in [-0.4, -0.2) is 66.5 Å². The third-order valence-corrected chi connectivity index (χ3v) is 11.8. The fourth-order valence-electron chi connectivity index (χ4n) is 6.79. The maximum absolute atomic E-state index is 12.9. The summed E-state index contributed by atoms with van der Waals surface area (Å²) in [5.41, 5.74) is 0. The van der Waals surface area contributed by atoms with Gasteiger partial charge in [0.2, 0.25) is 0 Å². The van der Waals surface area contributed by atoms with Gasteiger partial charge in [0.05, 0.1) is 19.8 Å². The minimum Gasteiger partial charge on any atom is -0.462 e. The molecule has 0 amide bonds. The summed E-state index contributed by atoms with van der Waals surface area (Å²) in [5, 5.41) is 9.78. The Kier molecular flexibility index (Phi) is 50.1. The van der Waals surface area contributed by atoms with Gasteiger partial charge in [0.25, 0.3) is 0 Å². The van der Waals surface area contributed by atoms with Gasteiger partial charge in [-0.05, 0) is 122 Å². The van der Waals surface area contributed by atoms with E-state index in [9.17, 15) is 28.9 Å². The van der Waals surface area contributed by atoms with Gasteiger partial charge in [-0.1, -0.05) is 181 Å². The summed E-state index contributed by atoms with van der Waals surface area (Å²) in [6.45, 7) is 4.19. The monoisotopic (exact) mass is 1020 g/mol. The zero-order valence-electron chi connectivity index (χ0n) is 44.8. The number of ether oxygens (including phenoxy) is 3. The standard InChI is InChI=1S/C60H97O11P/c1-4-7-10-13-16-19-22-25-26-27-28-29-30-33-34-37-40-43-46-49-58(62)67-53-57(71-60(64)51-48-45-42-39-36-32-24-21-18-15-12-9-6-3)55-69-72(65,66)68-54-56(52-61)70-59(63)50-47-44-41-38-35-31-23-20-17-14-11-8-5-2/h7-12,16-21,25-26,28-29,31-32,35-36,56-57,61H,4-6,13-15,22-24,27,30,33-34,37-55H2,1-3H3,(H,65,66)/b10-7-,11-8-,12-9-,19-16-,20-17-,21-18-,26-25-,29-28-,35-31-,36-32-. The second-order valence-electron chi connectivity index (χ2n) is 17.6. The van der Waals surface area contributed by atoms with Gasteiger partial charge in [0.1, 0.15) is 12.7 Å². The molecule has 0 saturated heterocycles. The molecule has 0 aromatic heterocycles. The van der Waals surface area contributed by atoms with E-state index in [2.05, 4.69) is 142 Å². The van der Waals surface area contributed by atoms with Crippen molar-refractivity contribution in [3.63, 3.8) is 0 Å². The minimum atomic E-state index is -4.77. The molecule has 0 aromatic rings. The number of hydrogen-bond acceptors (Lipinski definition) is 10. The number of rotatable bonds is 49. The molecule has 72 heavy (non-hydrogen) atoms. The number of aliphatic hydroxyl groups is 1. The highest BCUT2D eigenvalue weighted by Crippen LogP contribution is 2.43. The molecule has 0 aliphatic carbocycles. The first-order valence-corrected chi connectivity index (χ1v) is 28.9. The predicted molar refractivity (Wildman–Crippen MR) is 297 cm³/mol. The van der Waals surface area contributed by atoms with Crippen LogP contribution in [0.4, 0.5) is 0 Å². The van der Waals surface area contributed by atoms with Gasteiger partial charge in [-0.25, -0.2) is 4.57 Å². The van der Waals surface area contributed by atoms with Crippen LogP contribution in [-0.2, 0) is 42.2 Å². The Balaban J connectivity index is 4.81. The van der Waals surface area contributed by atoms with Crippen LogP contribution in [0.25, 0.3) is 0 Å². The van der Waals surface area contributed by atoms with Crippen molar-refractivity contribution in [2.45, 2.75) is 213 Å². The van der Waals surface area contributed by atoms with Crippen molar-refractivity contribution in [1.29, 1.82) is 0 Å². The Bertz CT molecular complexity index is 1670. The summed E-state index contributed by atoms with van der Waals surface area (Å²) < 4.78 is 39.4. The lowest BCUT2D eigenvalue weighted by atomic mass is 10.1. The molecule has 3 atom stereocenters. The molecule has 12 heteroatoms. The number of phosphoric acid groups is 1. The number of carbonyl (C=O) groups is 3. The first-order chi connectivity index (χ1) is 35.2. The molecule has 408 valence electrons. The van der Waals surface area contributed by atoms with E-state index in [0.29, 0.717) is 19.3 Å². The molecule has 0 heterocycles. The molecule has 0 aliphatic heterocycles. The van der Waals surface area contributed by atoms with Gasteiger partial charge < -0.3 is 24.2 Å². The van der Waals surface area contributed by atoms with Crippen molar-refractivity contribution in [3.05, 3.63) is 122 Å². The number of hydrogen-bond donors (Lipinski definition) is 2. The van der Waals surface area contributed by atoms with E-state index in [-0.39, 0.29) is 25.9 Å². The van der Waals surface area contributed by atoms with E-state index in [1.54, 1.807) is 0 Å². The van der Waals surface area contributed by atoms with E-state index < -0.39 is 57.8 Å². The van der Waals surface area contributed by atoms with Crippen molar-refractivity contribution >= 4 is 25.7 Å². The highest BCUT2D eigenvalue weighted by atomic mass is 31.2. The number of esters is 3. The van der Waals surface area contributed by atoms with Gasteiger partial charge in [-0.3, -0.25) is 23.4 Å². The Hall–Kier alpha value is -4.12. The van der Waals surface area contributed by atoms with E-state index in [1.165, 1.54) is 0 Å². The summed E-state index contributed by atoms with van der Waals surface area (Å²) in [7, 11) is -4.77. The van der Waals surface area contributed by atoms with E-state index in [4.69, 9.17) is 23.3 Å². The lowest BCUT2D eigenvalue weighted by Crippen LogP contribution is -2.30. The van der Waals surface area contributed by atoms with E-state index in [0.717, 1.165) is 141 Å².